The van der Waals surface area contributed by atoms with Gasteiger partial charge in [0.1, 0.15) is 0 Å². The summed E-state index contributed by atoms with van der Waals surface area (Å²) in [6, 6.07) is 5.22. The molecule has 6 heteroatoms. The highest BCUT2D eigenvalue weighted by molar-refractivity contribution is 5.76. The summed E-state index contributed by atoms with van der Waals surface area (Å²) in [6.07, 6.45) is -4.02. The van der Waals surface area contributed by atoms with Crippen LogP contribution in [0.4, 0.5) is 13.2 Å². The number of halogens is 3. The van der Waals surface area contributed by atoms with Crippen LogP contribution in [0.1, 0.15) is 31.4 Å². The first-order valence-corrected chi connectivity index (χ1v) is 6.76. The molecule has 118 valence electrons. The average molecular weight is 302 g/mol. The Morgan fingerprint density at radius 1 is 1.19 bits per heavy atom. The van der Waals surface area contributed by atoms with Crippen LogP contribution in [-0.2, 0) is 16.4 Å². The maximum absolute atomic E-state index is 12.7. The predicted molar refractivity (Wildman–Crippen MR) is 76.0 cm³/mol. The Labute approximate surface area is 122 Å². The quantitative estimate of drug-likeness (QED) is 0.848. The number of carbonyl (C=O) groups is 1. The van der Waals surface area contributed by atoms with Gasteiger partial charge in [0.25, 0.3) is 0 Å². The van der Waals surface area contributed by atoms with Crippen LogP contribution in [0, 0.1) is 0 Å². The molecule has 0 aromatic heterocycles. The molecule has 0 spiro atoms. The number of carbonyl (C=O) groups excluding carboxylic acids is 1. The van der Waals surface area contributed by atoms with Gasteiger partial charge in [0, 0.05) is 24.9 Å². The van der Waals surface area contributed by atoms with Crippen molar-refractivity contribution in [2.24, 2.45) is 0 Å². The molecule has 0 aliphatic rings. The molecule has 0 atom stereocenters. The van der Waals surface area contributed by atoms with Gasteiger partial charge in [-0.2, -0.15) is 13.2 Å². The Hall–Kier alpha value is -1.56. The van der Waals surface area contributed by atoms with Crippen molar-refractivity contribution >= 4 is 5.91 Å². The number of amides is 1. The monoisotopic (exact) mass is 302 g/mol. The van der Waals surface area contributed by atoms with E-state index in [1.807, 2.05) is 0 Å². The minimum Gasteiger partial charge on any atom is -0.355 e. The van der Waals surface area contributed by atoms with Gasteiger partial charge < -0.3 is 10.6 Å². The van der Waals surface area contributed by atoms with Crippen molar-refractivity contribution in [2.45, 2.75) is 31.9 Å². The fourth-order valence-corrected chi connectivity index (χ4v) is 1.87. The molecular formula is C15H21F3N2O. The molecule has 21 heavy (non-hydrogen) atoms. The van der Waals surface area contributed by atoms with Crippen molar-refractivity contribution < 1.29 is 18.0 Å². The molecule has 2 N–H and O–H groups in total. The SMILES string of the molecule is CNCCC(=O)NCC(C)(C)c1cccc(C(F)(F)F)c1. The molecule has 3 nitrogen and oxygen atoms in total. The maximum atomic E-state index is 12.7. The fourth-order valence-electron chi connectivity index (χ4n) is 1.87. The number of benzene rings is 1. The predicted octanol–water partition coefficient (Wildman–Crippen LogP) is 2.71. The van der Waals surface area contributed by atoms with Gasteiger partial charge in [0.05, 0.1) is 5.56 Å². The van der Waals surface area contributed by atoms with Gasteiger partial charge in [-0.05, 0) is 18.7 Å². The van der Waals surface area contributed by atoms with E-state index in [1.54, 1.807) is 27.0 Å². The first-order valence-electron chi connectivity index (χ1n) is 6.76. The van der Waals surface area contributed by atoms with Crippen molar-refractivity contribution in [3.05, 3.63) is 35.4 Å². The Morgan fingerprint density at radius 2 is 1.81 bits per heavy atom. The number of hydrogen-bond donors (Lipinski definition) is 2. The van der Waals surface area contributed by atoms with Crippen molar-refractivity contribution in [1.29, 1.82) is 0 Å². The van der Waals surface area contributed by atoms with Gasteiger partial charge in [-0.1, -0.05) is 32.0 Å². The lowest BCUT2D eigenvalue weighted by Crippen LogP contribution is -2.37. The average Bonchev–Trinajstić information content (AvgIpc) is 2.42. The van der Waals surface area contributed by atoms with E-state index in [9.17, 15) is 18.0 Å². The zero-order valence-corrected chi connectivity index (χ0v) is 12.5. The maximum Gasteiger partial charge on any atom is 0.416 e. The Bertz CT molecular complexity index is 484. The van der Waals surface area contributed by atoms with Crippen molar-refractivity contribution in [3.63, 3.8) is 0 Å². The van der Waals surface area contributed by atoms with Crippen LogP contribution in [-0.4, -0.2) is 26.0 Å². The van der Waals surface area contributed by atoms with Crippen LogP contribution in [0.25, 0.3) is 0 Å². The molecule has 0 bridgehead atoms. The topological polar surface area (TPSA) is 41.1 Å². The number of hydrogen-bond acceptors (Lipinski definition) is 2. The van der Waals surface area contributed by atoms with Gasteiger partial charge in [-0.25, -0.2) is 0 Å². The molecule has 0 unspecified atom stereocenters. The summed E-state index contributed by atoms with van der Waals surface area (Å²) in [5.74, 6) is -0.121. The fraction of sp³-hybridized carbons (Fsp3) is 0.533. The molecular weight excluding hydrogens is 281 g/mol. The highest BCUT2D eigenvalue weighted by atomic mass is 19.4. The zero-order valence-electron chi connectivity index (χ0n) is 12.5. The third-order valence-electron chi connectivity index (χ3n) is 3.30. The van der Waals surface area contributed by atoms with Gasteiger partial charge in [0.2, 0.25) is 5.91 Å². The Morgan fingerprint density at radius 3 is 2.38 bits per heavy atom. The summed E-state index contributed by atoms with van der Waals surface area (Å²) in [7, 11) is 1.75. The molecule has 1 aromatic rings. The molecule has 1 amide bonds. The third-order valence-corrected chi connectivity index (χ3v) is 3.30. The highest BCUT2D eigenvalue weighted by Crippen LogP contribution is 2.32. The Balaban J connectivity index is 2.76. The summed E-state index contributed by atoms with van der Waals surface area (Å²) >= 11 is 0. The van der Waals surface area contributed by atoms with Crippen LogP contribution in [0.3, 0.4) is 0 Å². The van der Waals surface area contributed by atoms with Crippen molar-refractivity contribution in [1.82, 2.24) is 10.6 Å². The van der Waals surface area contributed by atoms with Crippen LogP contribution in [0.15, 0.2) is 24.3 Å². The minimum absolute atomic E-state index is 0.121. The second kappa shape index (κ2) is 6.93. The zero-order chi connectivity index (χ0) is 16.1. The number of rotatable bonds is 6. The van der Waals surface area contributed by atoms with Gasteiger partial charge >= 0.3 is 6.18 Å². The van der Waals surface area contributed by atoms with Gasteiger partial charge in [0.15, 0.2) is 0 Å². The molecule has 0 saturated heterocycles. The van der Waals surface area contributed by atoms with Crippen molar-refractivity contribution in [2.75, 3.05) is 20.1 Å². The second-order valence-electron chi connectivity index (χ2n) is 5.59. The lowest BCUT2D eigenvalue weighted by molar-refractivity contribution is -0.137. The minimum atomic E-state index is -4.36. The highest BCUT2D eigenvalue weighted by Gasteiger charge is 2.32. The van der Waals surface area contributed by atoms with E-state index in [4.69, 9.17) is 0 Å². The van der Waals surface area contributed by atoms with Gasteiger partial charge in [-0.15, -0.1) is 0 Å². The molecule has 0 heterocycles. The lowest BCUT2D eigenvalue weighted by atomic mass is 9.83. The lowest BCUT2D eigenvalue weighted by Gasteiger charge is -2.26. The molecule has 0 radical (unpaired) electrons. The first kappa shape index (κ1) is 17.5. The van der Waals surface area contributed by atoms with E-state index >= 15 is 0 Å². The molecule has 0 aliphatic carbocycles. The molecule has 1 aromatic carbocycles. The normalized spacial score (nSPS) is 12.3. The van der Waals surface area contributed by atoms with Crippen LogP contribution >= 0.6 is 0 Å². The summed E-state index contributed by atoms with van der Waals surface area (Å²) in [6.45, 7) is 4.47. The summed E-state index contributed by atoms with van der Waals surface area (Å²) in [4.78, 5) is 11.6. The largest absolute Gasteiger partial charge is 0.416 e. The third kappa shape index (κ3) is 5.38. The second-order valence-corrected chi connectivity index (χ2v) is 5.59. The van der Waals surface area contributed by atoms with Crippen LogP contribution in [0.5, 0.6) is 0 Å². The van der Waals surface area contributed by atoms with Gasteiger partial charge in [-0.3, -0.25) is 4.79 Å². The molecule has 0 saturated carbocycles. The molecule has 0 fully saturated rings. The standard InChI is InChI=1S/C15H21F3N2O/c1-14(2,10-20-13(21)7-8-19-3)11-5-4-6-12(9-11)15(16,17)18/h4-6,9,19H,7-8,10H2,1-3H3,(H,20,21). The van der Waals surface area contributed by atoms with Crippen LogP contribution < -0.4 is 10.6 Å². The Kier molecular flexibility index (Phi) is 5.78. The van der Waals surface area contributed by atoms with Crippen LogP contribution in [0.2, 0.25) is 0 Å². The van der Waals surface area contributed by atoms with E-state index in [0.29, 0.717) is 18.5 Å². The smallest absolute Gasteiger partial charge is 0.355 e. The van der Waals surface area contributed by atoms with E-state index in [-0.39, 0.29) is 12.5 Å². The number of nitrogens with one attached hydrogen (secondary N) is 2. The number of alkyl halides is 3. The van der Waals surface area contributed by atoms with E-state index in [0.717, 1.165) is 12.1 Å². The van der Waals surface area contributed by atoms with E-state index in [1.165, 1.54) is 6.07 Å². The summed E-state index contributed by atoms with van der Waals surface area (Å²) < 4.78 is 38.2. The molecule has 0 aliphatic heterocycles. The first-order chi connectivity index (χ1) is 9.66. The van der Waals surface area contributed by atoms with E-state index in [2.05, 4.69) is 10.6 Å². The van der Waals surface area contributed by atoms with Crippen molar-refractivity contribution in [3.8, 4) is 0 Å². The van der Waals surface area contributed by atoms with E-state index < -0.39 is 17.2 Å². The summed E-state index contributed by atoms with van der Waals surface area (Å²) in [5, 5.41) is 5.62. The molecule has 1 rings (SSSR count). The summed E-state index contributed by atoms with van der Waals surface area (Å²) in [5.41, 5.74) is -0.697.